The first-order valence-corrected chi connectivity index (χ1v) is 7.86. The van der Waals surface area contributed by atoms with Gasteiger partial charge in [-0.15, -0.1) is 0 Å². The van der Waals surface area contributed by atoms with Crippen LogP contribution >= 0.6 is 11.6 Å². The maximum atomic E-state index is 11.7. The zero-order valence-corrected chi connectivity index (χ0v) is 13.3. The SMILES string of the molecule is CC1Cc2ccccc2C(c2cc3ncc(Cl)cn3n2)N1C=O. The lowest BCUT2D eigenvalue weighted by atomic mass is 9.87. The summed E-state index contributed by atoms with van der Waals surface area (Å²) in [5, 5.41) is 5.12. The van der Waals surface area contributed by atoms with Crippen LogP contribution in [0.3, 0.4) is 0 Å². The van der Waals surface area contributed by atoms with Gasteiger partial charge < -0.3 is 4.90 Å². The summed E-state index contributed by atoms with van der Waals surface area (Å²) >= 11 is 5.98. The second-order valence-electron chi connectivity index (χ2n) is 5.85. The summed E-state index contributed by atoms with van der Waals surface area (Å²) in [4.78, 5) is 17.8. The van der Waals surface area contributed by atoms with E-state index in [1.165, 1.54) is 5.56 Å². The Balaban J connectivity index is 1.90. The van der Waals surface area contributed by atoms with Crippen LogP contribution in [0.4, 0.5) is 0 Å². The molecule has 6 heteroatoms. The van der Waals surface area contributed by atoms with Crippen LogP contribution in [0.15, 0.2) is 42.7 Å². The molecule has 5 nitrogen and oxygen atoms in total. The summed E-state index contributed by atoms with van der Waals surface area (Å²) < 4.78 is 1.66. The van der Waals surface area contributed by atoms with E-state index in [4.69, 9.17) is 11.6 Å². The Bertz CT molecular complexity index is 891. The molecule has 1 aliphatic rings. The Morgan fingerprint density at radius 3 is 3.00 bits per heavy atom. The molecule has 3 aromatic rings. The first-order valence-electron chi connectivity index (χ1n) is 7.49. The number of fused-ring (bicyclic) bond motifs is 2. The lowest BCUT2D eigenvalue weighted by Gasteiger charge is -2.38. The molecule has 0 N–H and O–H groups in total. The normalized spacial score (nSPS) is 20.5. The monoisotopic (exact) mass is 326 g/mol. The first-order chi connectivity index (χ1) is 11.2. The molecule has 0 aliphatic carbocycles. The van der Waals surface area contributed by atoms with Crippen LogP contribution in [0.25, 0.3) is 5.65 Å². The molecule has 0 saturated heterocycles. The van der Waals surface area contributed by atoms with Gasteiger partial charge in [0.1, 0.15) is 6.04 Å². The second kappa shape index (κ2) is 5.35. The van der Waals surface area contributed by atoms with Gasteiger partial charge in [-0.2, -0.15) is 5.10 Å². The molecule has 23 heavy (non-hydrogen) atoms. The Morgan fingerprint density at radius 1 is 1.35 bits per heavy atom. The van der Waals surface area contributed by atoms with Crippen LogP contribution < -0.4 is 0 Å². The number of carbonyl (C=O) groups is 1. The fraction of sp³-hybridized carbons (Fsp3) is 0.235. The fourth-order valence-electron chi connectivity index (χ4n) is 3.31. The maximum absolute atomic E-state index is 11.7. The van der Waals surface area contributed by atoms with E-state index in [1.807, 2.05) is 23.1 Å². The molecule has 116 valence electrons. The van der Waals surface area contributed by atoms with E-state index in [-0.39, 0.29) is 12.1 Å². The molecule has 0 fully saturated rings. The average Bonchev–Trinajstić information content (AvgIpc) is 2.96. The molecule has 2 aromatic heterocycles. The third-order valence-electron chi connectivity index (χ3n) is 4.37. The van der Waals surface area contributed by atoms with Gasteiger partial charge in [-0.3, -0.25) is 4.79 Å². The molecule has 1 aromatic carbocycles. The molecular weight excluding hydrogens is 312 g/mol. The topological polar surface area (TPSA) is 50.5 Å². The summed E-state index contributed by atoms with van der Waals surface area (Å²) in [6, 6.07) is 10.0. The van der Waals surface area contributed by atoms with Crippen LogP contribution in [0.5, 0.6) is 0 Å². The third-order valence-corrected chi connectivity index (χ3v) is 4.57. The summed E-state index contributed by atoms with van der Waals surface area (Å²) in [5.41, 5.74) is 3.88. The number of aromatic nitrogens is 3. The van der Waals surface area contributed by atoms with Crippen molar-refractivity contribution in [1.29, 1.82) is 0 Å². The van der Waals surface area contributed by atoms with Crippen LogP contribution in [-0.4, -0.2) is 31.9 Å². The highest BCUT2D eigenvalue weighted by molar-refractivity contribution is 6.30. The lowest BCUT2D eigenvalue weighted by Crippen LogP contribution is -2.41. The third kappa shape index (κ3) is 2.28. The van der Waals surface area contributed by atoms with Gasteiger partial charge in [-0.05, 0) is 24.5 Å². The largest absolute Gasteiger partial charge is 0.329 e. The highest BCUT2D eigenvalue weighted by Gasteiger charge is 2.33. The zero-order valence-electron chi connectivity index (χ0n) is 12.6. The van der Waals surface area contributed by atoms with Crippen LogP contribution in [0, 0.1) is 0 Å². The van der Waals surface area contributed by atoms with Crippen molar-refractivity contribution in [2.75, 3.05) is 0 Å². The van der Waals surface area contributed by atoms with Gasteiger partial charge in [-0.1, -0.05) is 35.9 Å². The number of nitrogens with zero attached hydrogens (tertiary/aromatic N) is 4. The summed E-state index contributed by atoms with van der Waals surface area (Å²) in [7, 11) is 0. The summed E-state index contributed by atoms with van der Waals surface area (Å²) in [6.07, 6.45) is 5.08. The van der Waals surface area contributed by atoms with Crippen molar-refractivity contribution in [1.82, 2.24) is 19.5 Å². The lowest BCUT2D eigenvalue weighted by molar-refractivity contribution is -0.122. The van der Waals surface area contributed by atoms with Crippen molar-refractivity contribution in [3.63, 3.8) is 0 Å². The van der Waals surface area contributed by atoms with Gasteiger partial charge in [0.2, 0.25) is 6.41 Å². The van der Waals surface area contributed by atoms with Gasteiger partial charge in [0.25, 0.3) is 0 Å². The van der Waals surface area contributed by atoms with E-state index < -0.39 is 0 Å². The van der Waals surface area contributed by atoms with E-state index in [0.717, 1.165) is 24.1 Å². The van der Waals surface area contributed by atoms with Gasteiger partial charge in [0.15, 0.2) is 5.65 Å². The van der Waals surface area contributed by atoms with E-state index in [9.17, 15) is 4.79 Å². The molecule has 0 bridgehead atoms. The maximum Gasteiger partial charge on any atom is 0.210 e. The van der Waals surface area contributed by atoms with E-state index in [0.29, 0.717) is 10.7 Å². The van der Waals surface area contributed by atoms with Gasteiger partial charge in [0.05, 0.1) is 16.9 Å². The number of rotatable bonds is 2. The molecule has 1 amide bonds. The van der Waals surface area contributed by atoms with Crippen molar-refractivity contribution in [3.8, 4) is 0 Å². The highest BCUT2D eigenvalue weighted by atomic mass is 35.5. The first kappa shape index (κ1) is 14.2. The smallest absolute Gasteiger partial charge is 0.210 e. The van der Waals surface area contributed by atoms with Crippen molar-refractivity contribution < 1.29 is 4.79 Å². The van der Waals surface area contributed by atoms with Gasteiger partial charge in [-0.25, -0.2) is 9.50 Å². The number of benzene rings is 1. The molecule has 3 heterocycles. The number of hydrogen-bond acceptors (Lipinski definition) is 3. The molecular formula is C17H15ClN4O. The van der Waals surface area contributed by atoms with Gasteiger partial charge in [0, 0.05) is 18.3 Å². The Labute approximate surface area is 138 Å². The minimum atomic E-state index is -0.201. The van der Waals surface area contributed by atoms with E-state index in [2.05, 4.69) is 29.1 Å². The molecule has 1 aliphatic heterocycles. The van der Waals surface area contributed by atoms with Crippen LogP contribution in [0.1, 0.15) is 29.8 Å². The average molecular weight is 327 g/mol. The van der Waals surface area contributed by atoms with Crippen LogP contribution in [-0.2, 0) is 11.2 Å². The number of carbonyl (C=O) groups excluding carboxylic acids is 1. The van der Waals surface area contributed by atoms with Crippen molar-refractivity contribution in [2.45, 2.75) is 25.4 Å². The zero-order chi connectivity index (χ0) is 16.0. The van der Waals surface area contributed by atoms with Crippen molar-refractivity contribution in [2.24, 2.45) is 0 Å². The highest BCUT2D eigenvalue weighted by Crippen LogP contribution is 2.36. The minimum Gasteiger partial charge on any atom is -0.329 e. The molecule has 0 radical (unpaired) electrons. The number of halogens is 1. The second-order valence-corrected chi connectivity index (χ2v) is 6.29. The van der Waals surface area contributed by atoms with Crippen molar-refractivity contribution >= 4 is 23.7 Å². The summed E-state index contributed by atoms with van der Waals surface area (Å²) in [5.74, 6) is 0. The van der Waals surface area contributed by atoms with E-state index >= 15 is 0 Å². The quantitative estimate of drug-likeness (QED) is 0.680. The number of hydrogen-bond donors (Lipinski definition) is 0. The Morgan fingerprint density at radius 2 is 2.17 bits per heavy atom. The minimum absolute atomic E-state index is 0.119. The van der Waals surface area contributed by atoms with Crippen molar-refractivity contribution in [3.05, 3.63) is 64.6 Å². The number of amides is 1. The standard InChI is InChI=1S/C17H15ClN4O/c1-11-6-12-4-2-3-5-14(12)17(21(11)10-23)15-7-16-19-8-13(18)9-22(16)20-15/h2-5,7-11,17H,6H2,1H3. The molecule has 2 atom stereocenters. The fourth-order valence-corrected chi connectivity index (χ4v) is 3.45. The molecule has 0 spiro atoms. The predicted octanol–water partition coefficient (Wildman–Crippen LogP) is 2.88. The Hall–Kier alpha value is -2.40. The molecule has 0 saturated carbocycles. The van der Waals surface area contributed by atoms with Gasteiger partial charge >= 0.3 is 0 Å². The summed E-state index contributed by atoms with van der Waals surface area (Å²) in [6.45, 7) is 2.06. The molecule has 2 unspecified atom stereocenters. The predicted molar refractivity (Wildman–Crippen MR) is 87.4 cm³/mol. The molecule has 4 rings (SSSR count). The van der Waals surface area contributed by atoms with Crippen LogP contribution in [0.2, 0.25) is 5.02 Å². The van der Waals surface area contributed by atoms with E-state index in [1.54, 1.807) is 16.9 Å². The Kier molecular flexibility index (Phi) is 3.31.